The van der Waals surface area contributed by atoms with E-state index in [1.54, 1.807) is 32.4 Å². The summed E-state index contributed by atoms with van der Waals surface area (Å²) in [5.41, 5.74) is -0.145. The molecule has 0 unspecified atom stereocenters. The number of benzene rings is 1. The standard InChI is InChI=1S/C19H25N3O4/c1-4-16-20-18(26-22-16)19(8-6-5-7-9-19)21-17(23)13-10-14(24-2)12-15(11-13)25-3/h10-12H,4-9H2,1-3H3,(H,21,23). The highest BCUT2D eigenvalue weighted by Crippen LogP contribution is 2.37. The van der Waals surface area contributed by atoms with Gasteiger partial charge in [-0.2, -0.15) is 4.98 Å². The van der Waals surface area contributed by atoms with E-state index in [1.807, 2.05) is 6.92 Å². The largest absolute Gasteiger partial charge is 0.497 e. The van der Waals surface area contributed by atoms with Gasteiger partial charge >= 0.3 is 0 Å². The number of aryl methyl sites for hydroxylation is 1. The van der Waals surface area contributed by atoms with E-state index in [0.717, 1.165) is 32.1 Å². The molecule has 1 heterocycles. The number of methoxy groups -OCH3 is 2. The van der Waals surface area contributed by atoms with Crippen LogP contribution in [-0.2, 0) is 12.0 Å². The molecule has 1 aromatic carbocycles. The molecule has 1 saturated carbocycles. The number of aromatic nitrogens is 2. The minimum absolute atomic E-state index is 0.208. The van der Waals surface area contributed by atoms with Crippen molar-refractivity contribution in [3.8, 4) is 11.5 Å². The number of carbonyl (C=O) groups is 1. The van der Waals surface area contributed by atoms with E-state index in [9.17, 15) is 4.79 Å². The lowest BCUT2D eigenvalue weighted by Gasteiger charge is -2.34. The first-order valence-corrected chi connectivity index (χ1v) is 8.99. The maximum atomic E-state index is 13.0. The number of rotatable bonds is 6. The van der Waals surface area contributed by atoms with Crippen LogP contribution < -0.4 is 14.8 Å². The third-order valence-electron chi connectivity index (χ3n) is 4.87. The molecule has 1 aliphatic carbocycles. The van der Waals surface area contributed by atoms with Crippen molar-refractivity contribution in [3.63, 3.8) is 0 Å². The third-order valence-corrected chi connectivity index (χ3v) is 4.87. The maximum absolute atomic E-state index is 13.0. The Morgan fingerprint density at radius 2 is 1.81 bits per heavy atom. The van der Waals surface area contributed by atoms with Crippen molar-refractivity contribution in [2.24, 2.45) is 0 Å². The summed E-state index contributed by atoms with van der Waals surface area (Å²) < 4.78 is 16.0. The molecule has 1 N–H and O–H groups in total. The SMILES string of the molecule is CCc1noc(C2(NC(=O)c3cc(OC)cc(OC)c3)CCCCC2)n1. The second-order valence-corrected chi connectivity index (χ2v) is 6.57. The molecule has 7 nitrogen and oxygen atoms in total. The average Bonchev–Trinajstić information content (AvgIpc) is 3.18. The first-order valence-electron chi connectivity index (χ1n) is 8.99. The quantitative estimate of drug-likeness (QED) is 0.852. The fourth-order valence-electron chi connectivity index (χ4n) is 3.37. The van der Waals surface area contributed by atoms with Crippen LogP contribution >= 0.6 is 0 Å². The van der Waals surface area contributed by atoms with Gasteiger partial charge < -0.3 is 19.3 Å². The molecule has 7 heteroatoms. The van der Waals surface area contributed by atoms with Crippen molar-refractivity contribution in [3.05, 3.63) is 35.5 Å². The molecule has 1 amide bonds. The van der Waals surface area contributed by atoms with Crippen LogP contribution in [0.1, 0.15) is 61.1 Å². The third kappa shape index (κ3) is 3.66. The Hall–Kier alpha value is -2.57. The Bertz CT molecular complexity index is 744. The summed E-state index contributed by atoms with van der Waals surface area (Å²) in [5, 5.41) is 7.17. The van der Waals surface area contributed by atoms with Gasteiger partial charge in [-0.05, 0) is 25.0 Å². The molecule has 1 fully saturated rings. The van der Waals surface area contributed by atoms with E-state index in [0.29, 0.717) is 35.2 Å². The zero-order valence-electron chi connectivity index (χ0n) is 15.5. The molecule has 0 aliphatic heterocycles. The number of carbonyl (C=O) groups excluding carboxylic acids is 1. The van der Waals surface area contributed by atoms with Crippen molar-refractivity contribution in [1.29, 1.82) is 0 Å². The number of ether oxygens (including phenoxy) is 2. The van der Waals surface area contributed by atoms with Gasteiger partial charge in [-0.3, -0.25) is 4.79 Å². The fourth-order valence-corrected chi connectivity index (χ4v) is 3.37. The lowest BCUT2D eigenvalue weighted by atomic mass is 9.81. The number of hydrogen-bond acceptors (Lipinski definition) is 6. The van der Waals surface area contributed by atoms with Crippen LogP contribution in [0.25, 0.3) is 0 Å². The van der Waals surface area contributed by atoms with Crippen LogP contribution in [-0.4, -0.2) is 30.3 Å². The molecule has 1 aliphatic rings. The molecule has 0 radical (unpaired) electrons. The van der Waals surface area contributed by atoms with E-state index in [4.69, 9.17) is 14.0 Å². The average molecular weight is 359 g/mol. The Balaban J connectivity index is 1.90. The van der Waals surface area contributed by atoms with Crippen LogP contribution in [0, 0.1) is 0 Å². The summed E-state index contributed by atoms with van der Waals surface area (Å²) in [6.45, 7) is 1.98. The van der Waals surface area contributed by atoms with Gasteiger partial charge in [0.1, 0.15) is 17.0 Å². The fraction of sp³-hybridized carbons (Fsp3) is 0.526. The van der Waals surface area contributed by atoms with Crippen molar-refractivity contribution >= 4 is 5.91 Å². The number of nitrogens with one attached hydrogen (secondary N) is 1. The van der Waals surface area contributed by atoms with E-state index < -0.39 is 5.54 Å². The van der Waals surface area contributed by atoms with Gasteiger partial charge in [0.15, 0.2) is 5.82 Å². The van der Waals surface area contributed by atoms with Crippen LogP contribution in [0.4, 0.5) is 0 Å². The van der Waals surface area contributed by atoms with Gasteiger partial charge in [0.25, 0.3) is 11.8 Å². The summed E-state index contributed by atoms with van der Waals surface area (Å²) in [4.78, 5) is 17.5. The molecular formula is C19H25N3O4. The molecule has 0 saturated heterocycles. The lowest BCUT2D eigenvalue weighted by molar-refractivity contribution is 0.0824. The lowest BCUT2D eigenvalue weighted by Crippen LogP contribution is -2.47. The van der Waals surface area contributed by atoms with E-state index >= 15 is 0 Å². The topological polar surface area (TPSA) is 86.5 Å². The van der Waals surface area contributed by atoms with Gasteiger partial charge in [-0.1, -0.05) is 31.3 Å². The number of nitrogens with zero attached hydrogens (tertiary/aromatic N) is 2. The summed E-state index contributed by atoms with van der Waals surface area (Å²) >= 11 is 0. The predicted molar refractivity (Wildman–Crippen MR) is 95.5 cm³/mol. The Kier molecular flexibility index (Phi) is 5.44. The van der Waals surface area contributed by atoms with E-state index in [-0.39, 0.29) is 5.91 Å². The first-order chi connectivity index (χ1) is 12.6. The molecule has 0 spiro atoms. The minimum atomic E-state index is -0.619. The van der Waals surface area contributed by atoms with E-state index in [1.165, 1.54) is 0 Å². The molecule has 3 rings (SSSR count). The molecular weight excluding hydrogens is 334 g/mol. The maximum Gasteiger partial charge on any atom is 0.252 e. The normalized spacial score (nSPS) is 16.1. The Morgan fingerprint density at radius 1 is 1.15 bits per heavy atom. The highest BCUT2D eigenvalue weighted by atomic mass is 16.5. The Labute approximate surface area is 153 Å². The molecule has 2 aromatic rings. The van der Waals surface area contributed by atoms with Gasteiger partial charge in [-0.15, -0.1) is 0 Å². The van der Waals surface area contributed by atoms with Crippen molar-refractivity contribution in [2.75, 3.05) is 14.2 Å². The summed E-state index contributed by atoms with van der Waals surface area (Å²) in [6, 6.07) is 5.12. The van der Waals surface area contributed by atoms with Crippen LogP contribution in [0.15, 0.2) is 22.7 Å². The summed E-state index contributed by atoms with van der Waals surface area (Å²) in [7, 11) is 3.12. The van der Waals surface area contributed by atoms with Crippen molar-refractivity contribution in [2.45, 2.75) is 51.0 Å². The minimum Gasteiger partial charge on any atom is -0.497 e. The monoisotopic (exact) mass is 359 g/mol. The first kappa shape index (κ1) is 18.2. The zero-order valence-corrected chi connectivity index (χ0v) is 15.5. The second kappa shape index (κ2) is 7.76. The van der Waals surface area contributed by atoms with Gasteiger partial charge in [0, 0.05) is 18.1 Å². The smallest absolute Gasteiger partial charge is 0.252 e. The van der Waals surface area contributed by atoms with E-state index in [2.05, 4.69) is 15.5 Å². The van der Waals surface area contributed by atoms with Gasteiger partial charge in [-0.25, -0.2) is 0 Å². The van der Waals surface area contributed by atoms with Crippen molar-refractivity contribution in [1.82, 2.24) is 15.5 Å². The molecule has 0 atom stereocenters. The predicted octanol–water partition coefficient (Wildman–Crippen LogP) is 3.24. The zero-order chi connectivity index (χ0) is 18.6. The molecule has 26 heavy (non-hydrogen) atoms. The molecule has 0 bridgehead atoms. The van der Waals surface area contributed by atoms with Crippen LogP contribution in [0.2, 0.25) is 0 Å². The number of amides is 1. The van der Waals surface area contributed by atoms with Crippen molar-refractivity contribution < 1.29 is 18.8 Å². The summed E-state index contributed by atoms with van der Waals surface area (Å²) in [6.07, 6.45) is 5.41. The Morgan fingerprint density at radius 3 is 2.35 bits per heavy atom. The highest BCUT2D eigenvalue weighted by Gasteiger charge is 2.40. The molecule has 1 aromatic heterocycles. The summed E-state index contributed by atoms with van der Waals surface area (Å²) in [5.74, 6) is 2.08. The van der Waals surface area contributed by atoms with Crippen LogP contribution in [0.3, 0.4) is 0 Å². The van der Waals surface area contributed by atoms with Crippen LogP contribution in [0.5, 0.6) is 11.5 Å². The van der Waals surface area contributed by atoms with Gasteiger partial charge in [0.2, 0.25) is 0 Å². The van der Waals surface area contributed by atoms with Gasteiger partial charge in [0.05, 0.1) is 14.2 Å². The number of hydrogen-bond donors (Lipinski definition) is 1. The highest BCUT2D eigenvalue weighted by molar-refractivity contribution is 5.95. The second-order valence-electron chi connectivity index (χ2n) is 6.57. The molecule has 140 valence electrons.